The minimum absolute atomic E-state index is 0.0382. The third kappa shape index (κ3) is 3.17. The predicted octanol–water partition coefficient (Wildman–Crippen LogP) is 4.57. The van der Waals surface area contributed by atoms with Gasteiger partial charge in [0.25, 0.3) is 0 Å². The van der Waals surface area contributed by atoms with E-state index in [4.69, 9.17) is 0 Å². The molecule has 0 saturated heterocycles. The third-order valence-electron chi connectivity index (χ3n) is 2.58. The van der Waals surface area contributed by atoms with Crippen molar-refractivity contribution in [1.29, 1.82) is 0 Å². The molecule has 1 aromatic carbocycles. The van der Waals surface area contributed by atoms with Gasteiger partial charge in [-0.05, 0) is 24.5 Å². The van der Waals surface area contributed by atoms with Crippen LogP contribution in [-0.2, 0) is 0 Å². The fraction of sp³-hybridized carbons (Fsp3) is 0.500. The van der Waals surface area contributed by atoms with Gasteiger partial charge in [0.1, 0.15) is 17.3 Å². The molecule has 1 rings (SSSR count). The van der Waals surface area contributed by atoms with E-state index in [1.807, 2.05) is 20.8 Å². The van der Waals surface area contributed by atoms with Crippen LogP contribution in [0, 0.1) is 17.6 Å². The summed E-state index contributed by atoms with van der Waals surface area (Å²) in [6.07, 6.45) is 0.826. The molecule has 0 aromatic heterocycles. The molecule has 1 unspecified atom stereocenters. The lowest BCUT2D eigenvalue weighted by atomic mass is 10.0. The van der Waals surface area contributed by atoms with Crippen LogP contribution in [0.2, 0.25) is 0 Å². The lowest BCUT2D eigenvalue weighted by Gasteiger charge is -2.22. The van der Waals surface area contributed by atoms with Crippen LogP contribution in [0.5, 0.6) is 0 Å². The molecule has 0 aliphatic rings. The second-order valence-corrected chi connectivity index (χ2v) is 5.06. The van der Waals surface area contributed by atoms with Crippen LogP contribution in [0.25, 0.3) is 0 Å². The highest BCUT2D eigenvalue weighted by Crippen LogP contribution is 2.25. The molecule has 1 aromatic rings. The monoisotopic (exact) mass is 291 g/mol. The van der Waals surface area contributed by atoms with E-state index in [1.165, 1.54) is 12.1 Å². The highest BCUT2D eigenvalue weighted by Gasteiger charge is 2.16. The smallest absolute Gasteiger partial charge is 0.150 e. The second kappa shape index (κ2) is 5.62. The van der Waals surface area contributed by atoms with Gasteiger partial charge < -0.3 is 5.32 Å². The fourth-order valence-electron chi connectivity index (χ4n) is 1.61. The largest absolute Gasteiger partial charge is 0.377 e. The van der Waals surface area contributed by atoms with Crippen molar-refractivity contribution in [2.24, 2.45) is 5.92 Å². The molecule has 0 aliphatic carbocycles. The van der Waals surface area contributed by atoms with Crippen LogP contribution in [-0.4, -0.2) is 6.04 Å². The average molecular weight is 292 g/mol. The Balaban J connectivity index is 2.96. The molecule has 0 fully saturated rings. The van der Waals surface area contributed by atoms with Crippen molar-refractivity contribution in [3.05, 3.63) is 28.2 Å². The lowest BCUT2D eigenvalue weighted by molar-refractivity contribution is 0.499. The summed E-state index contributed by atoms with van der Waals surface area (Å²) in [5.74, 6) is -0.801. The molecule has 1 N–H and O–H groups in total. The first-order chi connectivity index (χ1) is 7.45. The molecular formula is C12H16BrF2N. The van der Waals surface area contributed by atoms with Crippen molar-refractivity contribution < 1.29 is 8.78 Å². The Kier molecular flexibility index (Phi) is 4.71. The van der Waals surface area contributed by atoms with Gasteiger partial charge in [-0.2, -0.15) is 0 Å². The van der Waals surface area contributed by atoms with Gasteiger partial charge in [-0.15, -0.1) is 0 Å². The summed E-state index contributed by atoms with van der Waals surface area (Å²) in [5, 5.41) is 2.92. The van der Waals surface area contributed by atoms with Gasteiger partial charge in [0.2, 0.25) is 0 Å². The summed E-state index contributed by atoms with van der Waals surface area (Å²) >= 11 is 3.05. The quantitative estimate of drug-likeness (QED) is 0.857. The van der Waals surface area contributed by atoms with E-state index in [2.05, 4.69) is 21.2 Å². The van der Waals surface area contributed by atoms with E-state index < -0.39 is 11.6 Å². The Hall–Kier alpha value is -0.640. The van der Waals surface area contributed by atoms with Crippen molar-refractivity contribution in [1.82, 2.24) is 0 Å². The Morgan fingerprint density at radius 2 is 1.75 bits per heavy atom. The molecule has 1 atom stereocenters. The zero-order valence-corrected chi connectivity index (χ0v) is 11.2. The van der Waals surface area contributed by atoms with Gasteiger partial charge in [0.05, 0.1) is 0 Å². The molecule has 0 heterocycles. The number of hydrogen-bond acceptors (Lipinski definition) is 1. The summed E-state index contributed by atoms with van der Waals surface area (Å²) in [7, 11) is 0. The number of nitrogens with one attached hydrogen (secondary N) is 1. The molecule has 0 aliphatic heterocycles. The SMILES string of the molecule is CCC(Nc1c(F)cc(Br)cc1F)C(C)C. The number of rotatable bonds is 4. The van der Waals surface area contributed by atoms with E-state index in [9.17, 15) is 8.78 Å². The first-order valence-corrected chi connectivity index (χ1v) is 6.16. The van der Waals surface area contributed by atoms with E-state index in [1.54, 1.807) is 0 Å². The molecule has 4 heteroatoms. The lowest BCUT2D eigenvalue weighted by Crippen LogP contribution is -2.25. The Morgan fingerprint density at radius 3 is 2.12 bits per heavy atom. The van der Waals surface area contributed by atoms with Gasteiger partial charge >= 0.3 is 0 Å². The van der Waals surface area contributed by atoms with Gasteiger partial charge in [0.15, 0.2) is 0 Å². The van der Waals surface area contributed by atoms with Crippen LogP contribution in [0.3, 0.4) is 0 Å². The first-order valence-electron chi connectivity index (χ1n) is 5.36. The maximum Gasteiger partial charge on any atom is 0.150 e. The molecule has 0 spiro atoms. The summed E-state index contributed by atoms with van der Waals surface area (Å²) in [6.45, 7) is 6.04. The zero-order chi connectivity index (χ0) is 12.3. The number of benzene rings is 1. The average Bonchev–Trinajstić information content (AvgIpc) is 2.15. The molecule has 0 amide bonds. The number of halogens is 3. The van der Waals surface area contributed by atoms with Crippen LogP contribution < -0.4 is 5.32 Å². The first kappa shape index (κ1) is 13.4. The van der Waals surface area contributed by atoms with Gasteiger partial charge in [-0.3, -0.25) is 0 Å². The fourth-order valence-corrected chi connectivity index (χ4v) is 2.01. The van der Waals surface area contributed by atoms with Crippen molar-refractivity contribution in [2.45, 2.75) is 33.2 Å². The molecular weight excluding hydrogens is 276 g/mol. The van der Waals surface area contributed by atoms with Crippen LogP contribution >= 0.6 is 15.9 Å². The van der Waals surface area contributed by atoms with Crippen molar-refractivity contribution >= 4 is 21.6 Å². The Labute approximate surface area is 103 Å². The second-order valence-electron chi connectivity index (χ2n) is 4.15. The van der Waals surface area contributed by atoms with Crippen LogP contribution in [0.4, 0.5) is 14.5 Å². The van der Waals surface area contributed by atoms with E-state index in [0.29, 0.717) is 10.4 Å². The number of anilines is 1. The standard InChI is InChI=1S/C12H16BrF2N/c1-4-11(7(2)3)16-12-9(14)5-8(13)6-10(12)15/h5-7,11,16H,4H2,1-3H3. The maximum atomic E-state index is 13.5. The molecule has 0 saturated carbocycles. The summed E-state index contributed by atoms with van der Waals surface area (Å²) in [5.41, 5.74) is -0.0382. The predicted molar refractivity (Wildman–Crippen MR) is 66.6 cm³/mol. The highest BCUT2D eigenvalue weighted by atomic mass is 79.9. The molecule has 1 nitrogen and oxygen atoms in total. The van der Waals surface area contributed by atoms with E-state index in [-0.39, 0.29) is 11.7 Å². The molecule has 90 valence electrons. The summed E-state index contributed by atoms with van der Waals surface area (Å²) in [6, 6.07) is 2.60. The van der Waals surface area contributed by atoms with Crippen LogP contribution in [0.15, 0.2) is 16.6 Å². The summed E-state index contributed by atoms with van der Waals surface area (Å²) in [4.78, 5) is 0. The normalized spacial score (nSPS) is 12.9. The van der Waals surface area contributed by atoms with Crippen molar-refractivity contribution in [3.8, 4) is 0 Å². The minimum Gasteiger partial charge on any atom is -0.377 e. The van der Waals surface area contributed by atoms with E-state index in [0.717, 1.165) is 6.42 Å². The van der Waals surface area contributed by atoms with Crippen molar-refractivity contribution in [3.63, 3.8) is 0 Å². The highest BCUT2D eigenvalue weighted by molar-refractivity contribution is 9.10. The molecule has 0 bridgehead atoms. The van der Waals surface area contributed by atoms with Crippen molar-refractivity contribution in [2.75, 3.05) is 5.32 Å². The molecule has 16 heavy (non-hydrogen) atoms. The van der Waals surface area contributed by atoms with Gasteiger partial charge in [-0.25, -0.2) is 8.78 Å². The Bertz CT molecular complexity index is 343. The van der Waals surface area contributed by atoms with Crippen LogP contribution in [0.1, 0.15) is 27.2 Å². The van der Waals surface area contributed by atoms with Gasteiger partial charge in [0, 0.05) is 10.5 Å². The minimum atomic E-state index is -0.564. The third-order valence-corrected chi connectivity index (χ3v) is 3.04. The van der Waals surface area contributed by atoms with Gasteiger partial charge in [-0.1, -0.05) is 36.7 Å². The zero-order valence-electron chi connectivity index (χ0n) is 9.65. The maximum absolute atomic E-state index is 13.5. The Morgan fingerprint density at radius 1 is 1.25 bits per heavy atom. The molecule has 0 radical (unpaired) electrons. The topological polar surface area (TPSA) is 12.0 Å². The number of hydrogen-bond donors (Lipinski definition) is 1. The van der Waals surface area contributed by atoms with E-state index >= 15 is 0 Å². The summed E-state index contributed by atoms with van der Waals surface area (Å²) < 4.78 is 27.5.